The van der Waals surface area contributed by atoms with Gasteiger partial charge in [-0.1, -0.05) is 12.1 Å². The van der Waals surface area contributed by atoms with E-state index in [0.717, 1.165) is 11.3 Å². The normalized spacial score (nSPS) is 12.1. The number of aliphatic carboxylic acids is 1. The first-order chi connectivity index (χ1) is 7.67. The second kappa shape index (κ2) is 6.12. The summed E-state index contributed by atoms with van der Waals surface area (Å²) in [6.07, 6.45) is 0.437. The number of carbonyl (C=O) groups is 1. The maximum absolute atomic E-state index is 10.8. The minimum atomic E-state index is -0.857. The summed E-state index contributed by atoms with van der Waals surface area (Å²) in [5, 5.41) is 8.90. The molecule has 1 rings (SSSR count). The first-order valence-electron chi connectivity index (χ1n) is 5.32. The minimum Gasteiger partial charge on any atom is -0.494 e. The van der Waals surface area contributed by atoms with Crippen LogP contribution in [-0.4, -0.2) is 24.2 Å². The van der Waals surface area contributed by atoms with Crippen LogP contribution in [0.2, 0.25) is 0 Å². The van der Waals surface area contributed by atoms with Crippen molar-refractivity contribution in [2.75, 3.05) is 13.2 Å². The summed E-state index contributed by atoms with van der Waals surface area (Å²) in [6, 6.07) is 7.45. The van der Waals surface area contributed by atoms with Crippen LogP contribution in [0, 0.1) is 5.92 Å². The summed E-state index contributed by atoms with van der Waals surface area (Å²) in [4.78, 5) is 10.8. The molecular weight excluding hydrogens is 206 g/mol. The molecule has 0 aromatic heterocycles. The molecule has 0 saturated carbocycles. The van der Waals surface area contributed by atoms with Crippen molar-refractivity contribution in [1.82, 2.24) is 0 Å². The number of hydrogen-bond donors (Lipinski definition) is 2. The molecular formula is C12H17NO3. The maximum atomic E-state index is 10.8. The number of benzene rings is 1. The van der Waals surface area contributed by atoms with Gasteiger partial charge in [0.2, 0.25) is 0 Å². The van der Waals surface area contributed by atoms with E-state index in [1.165, 1.54) is 0 Å². The Labute approximate surface area is 95.0 Å². The molecule has 0 amide bonds. The van der Waals surface area contributed by atoms with Gasteiger partial charge in [0, 0.05) is 6.54 Å². The highest BCUT2D eigenvalue weighted by Gasteiger charge is 2.15. The maximum Gasteiger partial charge on any atom is 0.308 e. The van der Waals surface area contributed by atoms with E-state index >= 15 is 0 Å². The lowest BCUT2D eigenvalue weighted by Crippen LogP contribution is -2.25. The summed E-state index contributed by atoms with van der Waals surface area (Å²) in [7, 11) is 0. The summed E-state index contributed by atoms with van der Waals surface area (Å²) in [5.41, 5.74) is 6.34. The van der Waals surface area contributed by atoms with E-state index in [9.17, 15) is 4.79 Å². The number of rotatable bonds is 6. The van der Waals surface area contributed by atoms with Crippen molar-refractivity contribution >= 4 is 5.97 Å². The third-order valence-corrected chi connectivity index (χ3v) is 2.33. The number of hydrogen-bond acceptors (Lipinski definition) is 3. The summed E-state index contributed by atoms with van der Waals surface area (Å²) >= 11 is 0. The second-order valence-electron chi connectivity index (χ2n) is 3.56. The first kappa shape index (κ1) is 12.5. The lowest BCUT2D eigenvalue weighted by Gasteiger charge is -2.10. The minimum absolute atomic E-state index is 0.147. The van der Waals surface area contributed by atoms with Crippen molar-refractivity contribution in [3.63, 3.8) is 0 Å². The first-order valence-corrected chi connectivity index (χ1v) is 5.32. The molecule has 3 N–H and O–H groups in total. The molecule has 0 aliphatic carbocycles. The van der Waals surface area contributed by atoms with Gasteiger partial charge in [-0.2, -0.15) is 0 Å². The van der Waals surface area contributed by atoms with Crippen molar-refractivity contribution in [2.45, 2.75) is 13.3 Å². The molecule has 4 heteroatoms. The Morgan fingerprint density at radius 1 is 1.56 bits per heavy atom. The Bertz CT molecular complexity index is 352. The SMILES string of the molecule is CCOc1cccc(CC(CN)C(=O)O)c1. The van der Waals surface area contributed by atoms with Crippen molar-refractivity contribution in [1.29, 1.82) is 0 Å². The average molecular weight is 223 g/mol. The van der Waals surface area contributed by atoms with Gasteiger partial charge in [-0.05, 0) is 31.0 Å². The molecule has 0 radical (unpaired) electrons. The van der Waals surface area contributed by atoms with E-state index in [2.05, 4.69) is 0 Å². The molecule has 0 fully saturated rings. The van der Waals surface area contributed by atoms with E-state index in [-0.39, 0.29) is 6.54 Å². The molecule has 0 aliphatic heterocycles. The molecule has 0 bridgehead atoms. The predicted octanol–water partition coefficient (Wildman–Crippen LogP) is 1.29. The van der Waals surface area contributed by atoms with Crippen LogP contribution < -0.4 is 10.5 Å². The van der Waals surface area contributed by atoms with Gasteiger partial charge in [0.15, 0.2) is 0 Å². The van der Waals surface area contributed by atoms with Gasteiger partial charge >= 0.3 is 5.97 Å². The van der Waals surface area contributed by atoms with Crippen LogP contribution in [0.15, 0.2) is 24.3 Å². The third kappa shape index (κ3) is 3.55. The van der Waals surface area contributed by atoms with Gasteiger partial charge in [-0.25, -0.2) is 0 Å². The lowest BCUT2D eigenvalue weighted by atomic mass is 9.99. The van der Waals surface area contributed by atoms with Gasteiger partial charge in [0.25, 0.3) is 0 Å². The van der Waals surface area contributed by atoms with E-state index in [1.54, 1.807) is 0 Å². The fourth-order valence-corrected chi connectivity index (χ4v) is 1.48. The highest BCUT2D eigenvalue weighted by atomic mass is 16.5. The topological polar surface area (TPSA) is 72.5 Å². The number of carboxylic acids is 1. The zero-order chi connectivity index (χ0) is 12.0. The molecule has 16 heavy (non-hydrogen) atoms. The van der Waals surface area contributed by atoms with Crippen molar-refractivity contribution in [3.05, 3.63) is 29.8 Å². The molecule has 1 unspecified atom stereocenters. The highest BCUT2D eigenvalue weighted by molar-refractivity contribution is 5.70. The highest BCUT2D eigenvalue weighted by Crippen LogP contribution is 2.16. The Kier molecular flexibility index (Phi) is 4.79. The molecule has 4 nitrogen and oxygen atoms in total. The fraction of sp³-hybridized carbons (Fsp3) is 0.417. The van der Waals surface area contributed by atoms with Crippen molar-refractivity contribution in [3.8, 4) is 5.75 Å². The van der Waals surface area contributed by atoms with Gasteiger partial charge in [0.05, 0.1) is 12.5 Å². The van der Waals surface area contributed by atoms with Crippen LogP contribution in [0.4, 0.5) is 0 Å². The van der Waals surface area contributed by atoms with Gasteiger partial charge in [0.1, 0.15) is 5.75 Å². The van der Waals surface area contributed by atoms with Crippen molar-refractivity contribution < 1.29 is 14.6 Å². The Morgan fingerprint density at radius 2 is 2.31 bits per heavy atom. The van der Waals surface area contributed by atoms with Crippen LogP contribution in [0.1, 0.15) is 12.5 Å². The lowest BCUT2D eigenvalue weighted by molar-refractivity contribution is -0.141. The predicted molar refractivity (Wildman–Crippen MR) is 61.5 cm³/mol. The Hall–Kier alpha value is -1.55. The van der Waals surface area contributed by atoms with Crippen molar-refractivity contribution in [2.24, 2.45) is 11.7 Å². The molecule has 0 spiro atoms. The van der Waals surface area contributed by atoms with Gasteiger partial charge < -0.3 is 15.6 Å². The molecule has 88 valence electrons. The van der Waals surface area contributed by atoms with Crippen LogP contribution in [0.3, 0.4) is 0 Å². The third-order valence-electron chi connectivity index (χ3n) is 2.33. The summed E-state index contributed by atoms with van der Waals surface area (Å²) in [5.74, 6) is -0.623. The largest absolute Gasteiger partial charge is 0.494 e. The summed E-state index contributed by atoms with van der Waals surface area (Å²) < 4.78 is 5.34. The number of ether oxygens (including phenoxy) is 1. The fourth-order valence-electron chi connectivity index (χ4n) is 1.48. The van der Waals surface area contributed by atoms with Crippen LogP contribution in [-0.2, 0) is 11.2 Å². The number of carboxylic acid groups (broad SMARTS) is 1. The quantitative estimate of drug-likeness (QED) is 0.762. The van der Waals surface area contributed by atoms with E-state index in [4.69, 9.17) is 15.6 Å². The molecule has 1 aromatic rings. The molecule has 0 aliphatic rings. The second-order valence-corrected chi connectivity index (χ2v) is 3.56. The smallest absolute Gasteiger partial charge is 0.308 e. The average Bonchev–Trinajstić information content (AvgIpc) is 2.26. The van der Waals surface area contributed by atoms with Crippen LogP contribution in [0.5, 0.6) is 5.75 Å². The van der Waals surface area contributed by atoms with Crippen LogP contribution >= 0.6 is 0 Å². The molecule has 1 aromatic carbocycles. The molecule has 1 atom stereocenters. The summed E-state index contributed by atoms with van der Waals surface area (Å²) in [6.45, 7) is 2.66. The standard InChI is InChI=1S/C12H17NO3/c1-2-16-11-5-3-4-9(7-11)6-10(8-13)12(14)15/h3-5,7,10H,2,6,8,13H2,1H3,(H,14,15). The van der Waals surface area contributed by atoms with E-state index in [0.29, 0.717) is 13.0 Å². The van der Waals surface area contributed by atoms with Crippen LogP contribution in [0.25, 0.3) is 0 Å². The van der Waals surface area contributed by atoms with E-state index in [1.807, 2.05) is 31.2 Å². The zero-order valence-corrected chi connectivity index (χ0v) is 9.35. The Balaban J connectivity index is 2.72. The monoisotopic (exact) mass is 223 g/mol. The van der Waals surface area contributed by atoms with Gasteiger partial charge in [-0.3, -0.25) is 4.79 Å². The Morgan fingerprint density at radius 3 is 2.88 bits per heavy atom. The van der Waals surface area contributed by atoms with Gasteiger partial charge in [-0.15, -0.1) is 0 Å². The number of nitrogens with two attached hydrogens (primary N) is 1. The zero-order valence-electron chi connectivity index (χ0n) is 9.35. The van der Waals surface area contributed by atoms with E-state index < -0.39 is 11.9 Å². The molecule has 0 saturated heterocycles. The molecule has 0 heterocycles.